The van der Waals surface area contributed by atoms with Crippen LogP contribution in [0.15, 0.2) is 0 Å². The molecular weight excluding hydrogens is 226 g/mol. The first-order valence-corrected chi connectivity index (χ1v) is 7.60. The second-order valence-corrected chi connectivity index (χ2v) is 6.38. The number of likely N-dealkylation sites (tertiary alicyclic amines) is 1. The molecule has 2 atom stereocenters. The van der Waals surface area contributed by atoms with Crippen LogP contribution in [0.1, 0.15) is 51.9 Å². The lowest BCUT2D eigenvalue weighted by molar-refractivity contribution is -0.143. The molecule has 104 valence electrons. The molecule has 1 saturated carbocycles. The van der Waals surface area contributed by atoms with Crippen molar-refractivity contribution in [3.8, 4) is 0 Å². The molecule has 1 aliphatic heterocycles. The molecule has 3 nitrogen and oxygen atoms in total. The molecule has 0 aromatic rings. The monoisotopic (exact) mass is 253 g/mol. The molecule has 0 bridgehead atoms. The van der Waals surface area contributed by atoms with E-state index < -0.39 is 5.97 Å². The van der Waals surface area contributed by atoms with Gasteiger partial charge in [-0.2, -0.15) is 0 Å². The number of carboxylic acid groups (broad SMARTS) is 1. The number of hydrogen-bond donors (Lipinski definition) is 1. The molecule has 0 aromatic heterocycles. The van der Waals surface area contributed by atoms with Crippen LogP contribution in [-0.2, 0) is 4.79 Å². The van der Waals surface area contributed by atoms with Gasteiger partial charge in [-0.3, -0.25) is 4.79 Å². The number of hydrogen-bond acceptors (Lipinski definition) is 2. The summed E-state index contributed by atoms with van der Waals surface area (Å²) < 4.78 is 0. The van der Waals surface area contributed by atoms with Crippen molar-refractivity contribution in [1.29, 1.82) is 0 Å². The normalized spacial score (nSPS) is 31.4. The largest absolute Gasteiger partial charge is 0.481 e. The second-order valence-electron chi connectivity index (χ2n) is 6.38. The van der Waals surface area contributed by atoms with Crippen LogP contribution in [0.25, 0.3) is 0 Å². The third kappa shape index (κ3) is 3.98. The molecule has 3 heteroatoms. The number of carbonyl (C=O) groups is 1. The minimum absolute atomic E-state index is 0.0871. The highest BCUT2D eigenvalue weighted by Gasteiger charge is 2.25. The number of rotatable bonds is 4. The van der Waals surface area contributed by atoms with Gasteiger partial charge in [0, 0.05) is 0 Å². The Morgan fingerprint density at radius 3 is 2.56 bits per heavy atom. The summed E-state index contributed by atoms with van der Waals surface area (Å²) in [5, 5.41) is 8.97. The van der Waals surface area contributed by atoms with E-state index >= 15 is 0 Å². The van der Waals surface area contributed by atoms with E-state index in [1.54, 1.807) is 0 Å². The molecule has 2 unspecified atom stereocenters. The van der Waals surface area contributed by atoms with Gasteiger partial charge in [-0.1, -0.05) is 26.2 Å². The second kappa shape index (κ2) is 6.55. The summed E-state index contributed by atoms with van der Waals surface area (Å²) in [4.78, 5) is 13.4. The van der Waals surface area contributed by atoms with Gasteiger partial charge in [0.05, 0.1) is 5.92 Å². The molecule has 2 fully saturated rings. The minimum atomic E-state index is -0.601. The lowest BCUT2D eigenvalue weighted by Gasteiger charge is -2.33. The fourth-order valence-corrected chi connectivity index (χ4v) is 3.59. The predicted octanol–water partition coefficient (Wildman–Crippen LogP) is 3.00. The van der Waals surface area contributed by atoms with Crippen molar-refractivity contribution >= 4 is 5.97 Å². The van der Waals surface area contributed by atoms with Crippen molar-refractivity contribution in [2.24, 2.45) is 17.8 Å². The van der Waals surface area contributed by atoms with Crippen molar-refractivity contribution in [3.63, 3.8) is 0 Å². The van der Waals surface area contributed by atoms with Gasteiger partial charge >= 0.3 is 5.97 Å². The number of carboxylic acids is 1. The van der Waals surface area contributed by atoms with Crippen molar-refractivity contribution in [3.05, 3.63) is 0 Å². The Morgan fingerprint density at radius 2 is 1.94 bits per heavy atom. The van der Waals surface area contributed by atoms with Gasteiger partial charge in [0.2, 0.25) is 0 Å². The Labute approximate surface area is 111 Å². The first-order chi connectivity index (χ1) is 8.65. The summed E-state index contributed by atoms with van der Waals surface area (Å²) in [5.74, 6) is 1.15. The lowest BCUT2D eigenvalue weighted by atomic mass is 9.80. The van der Waals surface area contributed by atoms with Gasteiger partial charge in [-0.15, -0.1) is 0 Å². The van der Waals surface area contributed by atoms with Crippen LogP contribution >= 0.6 is 0 Å². The molecule has 1 heterocycles. The third-order valence-corrected chi connectivity index (χ3v) is 4.84. The van der Waals surface area contributed by atoms with Crippen molar-refractivity contribution in [1.82, 2.24) is 4.90 Å². The third-order valence-electron chi connectivity index (χ3n) is 4.84. The Balaban J connectivity index is 1.64. The van der Waals surface area contributed by atoms with Crippen LogP contribution < -0.4 is 0 Å². The molecule has 1 N–H and O–H groups in total. The maximum atomic E-state index is 10.9. The van der Waals surface area contributed by atoms with E-state index in [0.717, 1.165) is 37.8 Å². The highest BCUT2D eigenvalue weighted by Crippen LogP contribution is 2.31. The molecule has 1 aliphatic carbocycles. The van der Waals surface area contributed by atoms with E-state index in [2.05, 4.69) is 11.8 Å². The van der Waals surface area contributed by atoms with Crippen LogP contribution in [0.5, 0.6) is 0 Å². The molecule has 18 heavy (non-hydrogen) atoms. The summed E-state index contributed by atoms with van der Waals surface area (Å²) in [6, 6.07) is 0. The lowest BCUT2D eigenvalue weighted by Crippen LogP contribution is -2.37. The van der Waals surface area contributed by atoms with Gasteiger partial charge in [0.25, 0.3) is 0 Å². The fourth-order valence-electron chi connectivity index (χ4n) is 3.59. The SMILES string of the molecule is CC1CCCC(CCN2CCC(C(=O)O)CC2)C1. The van der Waals surface area contributed by atoms with Crippen molar-refractivity contribution in [2.45, 2.75) is 51.9 Å². The molecule has 0 spiro atoms. The summed E-state index contributed by atoms with van der Waals surface area (Å²) in [5.41, 5.74) is 0. The minimum Gasteiger partial charge on any atom is -0.481 e. The zero-order valence-electron chi connectivity index (χ0n) is 11.6. The average Bonchev–Trinajstić information content (AvgIpc) is 2.37. The first-order valence-electron chi connectivity index (χ1n) is 7.60. The Kier molecular flexibility index (Phi) is 5.04. The summed E-state index contributed by atoms with van der Waals surface area (Å²) in [7, 11) is 0. The van der Waals surface area contributed by atoms with E-state index in [9.17, 15) is 4.79 Å². The van der Waals surface area contributed by atoms with E-state index in [1.165, 1.54) is 38.6 Å². The predicted molar refractivity (Wildman–Crippen MR) is 72.5 cm³/mol. The van der Waals surface area contributed by atoms with E-state index in [4.69, 9.17) is 5.11 Å². The van der Waals surface area contributed by atoms with Gasteiger partial charge in [-0.05, 0) is 57.2 Å². The molecular formula is C15H27NO2. The van der Waals surface area contributed by atoms with Crippen LogP contribution in [0.3, 0.4) is 0 Å². The van der Waals surface area contributed by atoms with E-state index in [1.807, 2.05) is 0 Å². The molecule has 0 amide bonds. The Morgan fingerprint density at radius 1 is 1.22 bits per heavy atom. The Hall–Kier alpha value is -0.570. The number of nitrogens with zero attached hydrogens (tertiary/aromatic N) is 1. The van der Waals surface area contributed by atoms with Gasteiger partial charge in [0.15, 0.2) is 0 Å². The highest BCUT2D eigenvalue weighted by atomic mass is 16.4. The number of piperidine rings is 1. The fraction of sp³-hybridized carbons (Fsp3) is 0.933. The quantitative estimate of drug-likeness (QED) is 0.837. The maximum absolute atomic E-state index is 10.9. The van der Waals surface area contributed by atoms with Gasteiger partial charge in [-0.25, -0.2) is 0 Å². The smallest absolute Gasteiger partial charge is 0.306 e. The summed E-state index contributed by atoms with van der Waals surface area (Å²) >= 11 is 0. The standard InChI is InChI=1S/C15H27NO2/c1-12-3-2-4-13(11-12)5-8-16-9-6-14(7-10-16)15(17)18/h12-14H,2-11H2,1H3,(H,17,18). The van der Waals surface area contributed by atoms with Gasteiger partial charge < -0.3 is 10.0 Å². The summed E-state index contributed by atoms with van der Waals surface area (Å²) in [6.45, 7) is 5.53. The average molecular weight is 253 g/mol. The van der Waals surface area contributed by atoms with Crippen LogP contribution in [0, 0.1) is 17.8 Å². The molecule has 2 rings (SSSR count). The Bertz CT molecular complexity index is 272. The van der Waals surface area contributed by atoms with Gasteiger partial charge in [0.1, 0.15) is 0 Å². The zero-order valence-corrected chi connectivity index (χ0v) is 11.6. The number of aliphatic carboxylic acids is 1. The molecule has 1 saturated heterocycles. The topological polar surface area (TPSA) is 40.5 Å². The molecule has 0 aromatic carbocycles. The highest BCUT2D eigenvalue weighted by molar-refractivity contribution is 5.70. The zero-order chi connectivity index (χ0) is 13.0. The summed E-state index contributed by atoms with van der Waals surface area (Å²) in [6.07, 6.45) is 8.66. The van der Waals surface area contributed by atoms with Crippen molar-refractivity contribution in [2.75, 3.05) is 19.6 Å². The molecule has 0 radical (unpaired) electrons. The molecule has 2 aliphatic rings. The van der Waals surface area contributed by atoms with E-state index in [-0.39, 0.29) is 5.92 Å². The van der Waals surface area contributed by atoms with Crippen LogP contribution in [0.2, 0.25) is 0 Å². The van der Waals surface area contributed by atoms with Crippen LogP contribution in [-0.4, -0.2) is 35.6 Å². The van der Waals surface area contributed by atoms with Crippen molar-refractivity contribution < 1.29 is 9.90 Å². The maximum Gasteiger partial charge on any atom is 0.306 e. The first kappa shape index (κ1) is 13.9. The van der Waals surface area contributed by atoms with Crippen LogP contribution in [0.4, 0.5) is 0 Å². The van der Waals surface area contributed by atoms with E-state index in [0.29, 0.717) is 0 Å².